The summed E-state index contributed by atoms with van der Waals surface area (Å²) in [7, 11) is 0. The molecule has 0 radical (unpaired) electrons. The Bertz CT molecular complexity index is 130. The van der Waals surface area contributed by atoms with Crippen molar-refractivity contribution >= 4 is 23.4 Å². The maximum Gasteiger partial charge on any atom is 0.0913 e. The van der Waals surface area contributed by atoms with Crippen molar-refractivity contribution in [3.05, 3.63) is 0 Å². The molecule has 0 atom stereocenters. The maximum absolute atomic E-state index is 6.91. The summed E-state index contributed by atoms with van der Waals surface area (Å²) in [6, 6.07) is 0. The van der Waals surface area contributed by atoms with Crippen LogP contribution in [-0.2, 0) is 0 Å². The van der Waals surface area contributed by atoms with E-state index in [4.69, 9.17) is 22.3 Å². The van der Waals surface area contributed by atoms with E-state index in [0.717, 1.165) is 11.5 Å². The lowest BCUT2D eigenvalue weighted by molar-refractivity contribution is 1.20. The Kier molecular flexibility index (Phi) is 5.64. The van der Waals surface area contributed by atoms with E-state index in [1.165, 1.54) is 0 Å². The Morgan fingerprint density at radius 3 is 1.64 bits per heavy atom. The first-order valence-corrected chi connectivity index (χ1v) is 4.52. The average Bonchev–Trinajstić information content (AvgIpc) is 1.85. The van der Waals surface area contributed by atoms with Crippen LogP contribution in [-0.4, -0.2) is 23.2 Å². The van der Waals surface area contributed by atoms with Gasteiger partial charge in [-0.1, -0.05) is 0 Å². The number of thioether (sulfide) groups is 1. The van der Waals surface area contributed by atoms with E-state index >= 15 is 0 Å². The molecule has 0 amide bonds. The number of nitrogens with one attached hydrogen (secondary N) is 2. The second kappa shape index (κ2) is 6.03. The van der Waals surface area contributed by atoms with Crippen LogP contribution in [0.5, 0.6) is 0 Å². The maximum atomic E-state index is 6.91. The Hall–Kier alpha value is -0.710. The van der Waals surface area contributed by atoms with E-state index in [2.05, 4.69) is 0 Å². The van der Waals surface area contributed by atoms with Crippen molar-refractivity contribution in [2.75, 3.05) is 11.5 Å². The Morgan fingerprint density at radius 1 is 1.00 bits per heavy atom. The van der Waals surface area contributed by atoms with Gasteiger partial charge in [-0.2, -0.15) is 11.8 Å². The van der Waals surface area contributed by atoms with Gasteiger partial charge in [0.1, 0.15) is 0 Å². The number of nitrogens with two attached hydrogens (primary N) is 2. The fraction of sp³-hybridized carbons (Fsp3) is 0.667. The summed E-state index contributed by atoms with van der Waals surface area (Å²) in [5.41, 5.74) is 10.3. The van der Waals surface area contributed by atoms with Crippen molar-refractivity contribution < 1.29 is 0 Å². The highest BCUT2D eigenvalue weighted by Crippen LogP contribution is 2.03. The smallest absolute Gasteiger partial charge is 0.0913 e. The molecule has 0 aliphatic carbocycles. The Balaban J connectivity index is 3.03. The number of amidine groups is 2. The molecule has 0 fully saturated rings. The number of rotatable bonds is 6. The van der Waals surface area contributed by atoms with Crippen LogP contribution in [0.25, 0.3) is 0 Å². The van der Waals surface area contributed by atoms with Crippen LogP contribution in [0.4, 0.5) is 0 Å². The van der Waals surface area contributed by atoms with E-state index in [-0.39, 0.29) is 11.7 Å². The lowest BCUT2D eigenvalue weighted by atomic mass is 10.5. The molecule has 5 heteroatoms. The summed E-state index contributed by atoms with van der Waals surface area (Å²) in [5, 5.41) is 13.8. The molecule has 0 bridgehead atoms. The molecule has 0 aliphatic heterocycles. The van der Waals surface area contributed by atoms with Gasteiger partial charge in [-0.25, -0.2) is 0 Å². The minimum absolute atomic E-state index is 0.223. The van der Waals surface area contributed by atoms with Gasteiger partial charge in [0.25, 0.3) is 0 Å². The first-order chi connectivity index (χ1) is 5.13. The van der Waals surface area contributed by atoms with Crippen LogP contribution in [0.1, 0.15) is 12.8 Å². The molecule has 0 saturated heterocycles. The van der Waals surface area contributed by atoms with E-state index < -0.39 is 0 Å². The van der Waals surface area contributed by atoms with Crippen molar-refractivity contribution in [2.45, 2.75) is 12.8 Å². The third-order valence-electron chi connectivity index (χ3n) is 1.03. The fourth-order valence-corrected chi connectivity index (χ4v) is 1.40. The van der Waals surface area contributed by atoms with E-state index in [9.17, 15) is 0 Å². The highest BCUT2D eigenvalue weighted by atomic mass is 32.2. The highest BCUT2D eigenvalue weighted by molar-refractivity contribution is 7.99. The molecular formula is C6H14N4S. The largest absolute Gasteiger partial charge is 0.388 e. The van der Waals surface area contributed by atoms with Crippen LogP contribution < -0.4 is 11.5 Å². The normalized spacial score (nSPS) is 9.45. The quantitative estimate of drug-likeness (QED) is 0.266. The molecule has 0 aromatic carbocycles. The summed E-state index contributed by atoms with van der Waals surface area (Å²) in [4.78, 5) is 0. The van der Waals surface area contributed by atoms with Gasteiger partial charge in [0.2, 0.25) is 0 Å². The number of hydrogen-bond acceptors (Lipinski definition) is 3. The molecule has 11 heavy (non-hydrogen) atoms. The topological polar surface area (TPSA) is 99.7 Å². The first-order valence-electron chi connectivity index (χ1n) is 3.36. The zero-order valence-corrected chi connectivity index (χ0v) is 7.21. The van der Waals surface area contributed by atoms with E-state index in [1.54, 1.807) is 11.8 Å². The first kappa shape index (κ1) is 10.3. The molecular weight excluding hydrogens is 160 g/mol. The molecule has 0 saturated carbocycles. The van der Waals surface area contributed by atoms with Gasteiger partial charge in [0, 0.05) is 24.3 Å². The molecule has 0 spiro atoms. The van der Waals surface area contributed by atoms with Crippen LogP contribution in [0.3, 0.4) is 0 Å². The van der Waals surface area contributed by atoms with Gasteiger partial charge in [0.15, 0.2) is 0 Å². The zero-order chi connectivity index (χ0) is 8.69. The molecule has 4 nitrogen and oxygen atoms in total. The van der Waals surface area contributed by atoms with Crippen molar-refractivity contribution in [3.8, 4) is 0 Å². The van der Waals surface area contributed by atoms with Gasteiger partial charge in [-0.05, 0) is 0 Å². The standard InChI is InChI=1S/C6H14N4S/c7-5(8)1-3-11-4-2-6(9)10/h1-4H2,(H3,7,8)(H3,9,10). The summed E-state index contributed by atoms with van der Waals surface area (Å²) >= 11 is 1.67. The molecule has 0 aromatic rings. The predicted octanol–water partition coefficient (Wildman–Crippen LogP) is 0.372. The summed E-state index contributed by atoms with van der Waals surface area (Å²) < 4.78 is 0. The second-order valence-electron chi connectivity index (χ2n) is 2.16. The second-order valence-corrected chi connectivity index (χ2v) is 3.39. The third-order valence-corrected chi connectivity index (χ3v) is 2.02. The monoisotopic (exact) mass is 174 g/mol. The average molecular weight is 174 g/mol. The molecule has 0 heterocycles. The van der Waals surface area contributed by atoms with Crippen molar-refractivity contribution in [1.82, 2.24) is 0 Å². The molecule has 64 valence electrons. The van der Waals surface area contributed by atoms with Crippen molar-refractivity contribution in [1.29, 1.82) is 10.8 Å². The van der Waals surface area contributed by atoms with Gasteiger partial charge in [0.05, 0.1) is 11.7 Å². The summed E-state index contributed by atoms with van der Waals surface area (Å²) in [6.45, 7) is 0. The summed E-state index contributed by atoms with van der Waals surface area (Å²) in [6.07, 6.45) is 1.26. The molecule has 0 unspecified atom stereocenters. The van der Waals surface area contributed by atoms with Gasteiger partial charge < -0.3 is 11.5 Å². The predicted molar refractivity (Wildman–Crippen MR) is 50.4 cm³/mol. The van der Waals surface area contributed by atoms with Crippen LogP contribution in [0.15, 0.2) is 0 Å². The minimum Gasteiger partial charge on any atom is -0.388 e. The summed E-state index contributed by atoms with van der Waals surface area (Å²) in [5.74, 6) is 2.14. The van der Waals surface area contributed by atoms with Gasteiger partial charge >= 0.3 is 0 Å². The lowest BCUT2D eigenvalue weighted by Gasteiger charge is -1.98. The van der Waals surface area contributed by atoms with Crippen molar-refractivity contribution in [2.24, 2.45) is 11.5 Å². The number of hydrogen-bond donors (Lipinski definition) is 4. The van der Waals surface area contributed by atoms with Crippen molar-refractivity contribution in [3.63, 3.8) is 0 Å². The van der Waals surface area contributed by atoms with Gasteiger partial charge in [-0.15, -0.1) is 0 Å². The van der Waals surface area contributed by atoms with E-state index in [0.29, 0.717) is 12.8 Å². The Morgan fingerprint density at radius 2 is 1.36 bits per heavy atom. The minimum atomic E-state index is 0.223. The molecule has 0 aliphatic rings. The third kappa shape index (κ3) is 9.29. The SMILES string of the molecule is N=C(N)CCSCCC(=N)N. The van der Waals surface area contributed by atoms with Crippen LogP contribution >= 0.6 is 11.8 Å². The van der Waals surface area contributed by atoms with Gasteiger partial charge in [-0.3, -0.25) is 10.8 Å². The zero-order valence-electron chi connectivity index (χ0n) is 6.39. The fourth-order valence-electron chi connectivity index (χ4n) is 0.466. The molecule has 6 N–H and O–H groups in total. The Labute approximate surface area is 70.7 Å². The highest BCUT2D eigenvalue weighted by Gasteiger charge is 1.92. The lowest BCUT2D eigenvalue weighted by Crippen LogP contribution is -2.12. The van der Waals surface area contributed by atoms with Crippen LogP contribution in [0.2, 0.25) is 0 Å². The molecule has 0 rings (SSSR count). The van der Waals surface area contributed by atoms with E-state index in [1.807, 2.05) is 0 Å². The molecule has 0 aromatic heterocycles. The van der Waals surface area contributed by atoms with Crippen LogP contribution in [0, 0.1) is 10.8 Å².